The molecule has 30 heavy (non-hydrogen) atoms. The smallest absolute Gasteiger partial charge is 0.270 e. The number of aryl methyl sites for hydroxylation is 1. The summed E-state index contributed by atoms with van der Waals surface area (Å²) < 4.78 is 1.96. The molecule has 4 rings (SSSR count). The largest absolute Gasteiger partial charge is 0.350 e. The van der Waals surface area contributed by atoms with Gasteiger partial charge in [0.15, 0.2) is 0 Å². The third kappa shape index (κ3) is 4.07. The highest BCUT2D eigenvalue weighted by Gasteiger charge is 2.16. The van der Waals surface area contributed by atoms with E-state index in [1.54, 1.807) is 12.5 Å². The van der Waals surface area contributed by atoms with E-state index >= 15 is 0 Å². The predicted molar refractivity (Wildman–Crippen MR) is 115 cm³/mol. The molecule has 0 saturated carbocycles. The maximum Gasteiger partial charge on any atom is 0.270 e. The molecular weight excluding hydrogens is 380 g/mol. The summed E-state index contributed by atoms with van der Waals surface area (Å²) in [5, 5.41) is 6.51. The van der Waals surface area contributed by atoms with E-state index < -0.39 is 0 Å². The highest BCUT2D eigenvalue weighted by Crippen LogP contribution is 2.27. The third-order valence-corrected chi connectivity index (χ3v) is 4.81. The van der Waals surface area contributed by atoms with Crippen LogP contribution in [0.25, 0.3) is 22.2 Å². The highest BCUT2D eigenvalue weighted by atomic mass is 16.2. The first-order chi connectivity index (χ1) is 14.5. The molecule has 3 N–H and O–H groups in total. The molecule has 0 fully saturated rings. The quantitative estimate of drug-likeness (QED) is 0.461. The molecule has 4 aromatic rings. The SMILES string of the molecule is CC(=O)Nc1cccc(-c2cc3c(ccn3C)c(C(=O)NCCc3cnc[nH]3)n2)c1. The second kappa shape index (κ2) is 8.20. The predicted octanol–water partition coefficient (Wildman–Crippen LogP) is 2.89. The second-order valence-electron chi connectivity index (χ2n) is 7.06. The lowest BCUT2D eigenvalue weighted by molar-refractivity contribution is -0.114. The minimum atomic E-state index is -0.231. The van der Waals surface area contributed by atoms with Gasteiger partial charge in [0.2, 0.25) is 5.91 Å². The van der Waals surface area contributed by atoms with Crippen molar-refractivity contribution >= 4 is 28.4 Å². The van der Waals surface area contributed by atoms with Gasteiger partial charge in [-0.3, -0.25) is 9.59 Å². The molecule has 0 unspecified atom stereocenters. The Balaban J connectivity index is 1.66. The van der Waals surface area contributed by atoms with Gasteiger partial charge in [-0.05, 0) is 24.3 Å². The summed E-state index contributed by atoms with van der Waals surface area (Å²) in [6.07, 6.45) is 5.92. The van der Waals surface area contributed by atoms with Crippen LogP contribution in [0.5, 0.6) is 0 Å². The Morgan fingerprint density at radius 3 is 2.83 bits per heavy atom. The number of H-pyrrole nitrogens is 1. The number of hydrogen-bond acceptors (Lipinski definition) is 4. The summed E-state index contributed by atoms with van der Waals surface area (Å²) in [6.45, 7) is 1.94. The molecule has 0 aliphatic rings. The van der Waals surface area contributed by atoms with Crippen LogP contribution in [0.15, 0.2) is 55.1 Å². The number of benzene rings is 1. The van der Waals surface area contributed by atoms with Crippen molar-refractivity contribution in [3.63, 3.8) is 0 Å². The van der Waals surface area contributed by atoms with Crippen LogP contribution in [0, 0.1) is 0 Å². The van der Waals surface area contributed by atoms with E-state index in [0.29, 0.717) is 30.0 Å². The van der Waals surface area contributed by atoms with Crippen LogP contribution in [0.4, 0.5) is 5.69 Å². The molecule has 0 bridgehead atoms. The number of rotatable bonds is 6. The molecule has 0 radical (unpaired) electrons. The number of carbonyl (C=O) groups is 2. The standard InChI is InChI=1S/C22H22N6O2/c1-14(29)26-16-5-3-4-15(10-16)19-11-20-18(7-9-28(20)2)21(27-19)22(30)24-8-6-17-12-23-13-25-17/h3-5,7,9-13H,6,8H2,1-2H3,(H,23,25)(H,24,30)(H,26,29). The lowest BCUT2D eigenvalue weighted by Crippen LogP contribution is -2.27. The minimum absolute atomic E-state index is 0.143. The van der Waals surface area contributed by atoms with Gasteiger partial charge in [-0.15, -0.1) is 0 Å². The first-order valence-corrected chi connectivity index (χ1v) is 9.61. The third-order valence-electron chi connectivity index (χ3n) is 4.81. The number of hydrogen-bond donors (Lipinski definition) is 3. The fourth-order valence-corrected chi connectivity index (χ4v) is 3.36. The molecule has 0 aliphatic carbocycles. The van der Waals surface area contributed by atoms with Gasteiger partial charge in [0.1, 0.15) is 5.69 Å². The zero-order chi connectivity index (χ0) is 21.1. The Bertz CT molecular complexity index is 1210. The lowest BCUT2D eigenvalue weighted by Gasteiger charge is -2.10. The monoisotopic (exact) mass is 402 g/mol. The molecule has 1 aromatic carbocycles. The van der Waals surface area contributed by atoms with E-state index in [4.69, 9.17) is 0 Å². The van der Waals surface area contributed by atoms with Crippen LogP contribution in [-0.4, -0.2) is 37.9 Å². The maximum atomic E-state index is 12.9. The summed E-state index contributed by atoms with van der Waals surface area (Å²) in [4.78, 5) is 36.0. The van der Waals surface area contributed by atoms with Crippen molar-refractivity contribution in [1.82, 2.24) is 24.8 Å². The lowest BCUT2D eigenvalue weighted by atomic mass is 10.1. The Kier molecular flexibility index (Phi) is 5.30. The average molecular weight is 402 g/mol. The van der Waals surface area contributed by atoms with Crippen LogP contribution in [0.1, 0.15) is 23.1 Å². The summed E-state index contributed by atoms with van der Waals surface area (Å²) in [6, 6.07) is 11.3. The number of nitrogens with one attached hydrogen (secondary N) is 3. The second-order valence-corrected chi connectivity index (χ2v) is 7.06. The zero-order valence-corrected chi connectivity index (χ0v) is 16.8. The first-order valence-electron chi connectivity index (χ1n) is 9.61. The van der Waals surface area contributed by atoms with Gasteiger partial charge in [0.05, 0.1) is 17.5 Å². The molecule has 0 aliphatic heterocycles. The number of amides is 2. The molecule has 2 amide bonds. The van der Waals surface area contributed by atoms with Crippen LogP contribution in [0.2, 0.25) is 0 Å². The molecule has 8 heteroatoms. The first kappa shape index (κ1) is 19.4. The Morgan fingerprint density at radius 2 is 2.07 bits per heavy atom. The summed E-state index contributed by atoms with van der Waals surface area (Å²) in [5.41, 5.74) is 4.39. The van der Waals surface area contributed by atoms with E-state index in [0.717, 1.165) is 22.2 Å². The molecular formula is C22H22N6O2. The van der Waals surface area contributed by atoms with Crippen LogP contribution < -0.4 is 10.6 Å². The summed E-state index contributed by atoms with van der Waals surface area (Å²) in [7, 11) is 1.93. The Labute approximate surface area is 173 Å². The number of aromatic nitrogens is 4. The highest BCUT2D eigenvalue weighted by molar-refractivity contribution is 6.05. The van der Waals surface area contributed by atoms with Gasteiger partial charge in [-0.25, -0.2) is 9.97 Å². The molecule has 152 valence electrons. The number of aromatic amines is 1. The van der Waals surface area contributed by atoms with Gasteiger partial charge < -0.3 is 20.2 Å². The van der Waals surface area contributed by atoms with E-state index in [1.807, 2.05) is 54.2 Å². The number of imidazole rings is 1. The van der Waals surface area contributed by atoms with E-state index in [-0.39, 0.29) is 11.8 Å². The molecule has 0 saturated heterocycles. The summed E-state index contributed by atoms with van der Waals surface area (Å²) >= 11 is 0. The number of carbonyl (C=O) groups excluding carboxylic acids is 2. The number of nitrogens with zero attached hydrogens (tertiary/aromatic N) is 3. The topological polar surface area (TPSA) is 105 Å². The van der Waals surface area contributed by atoms with Crippen LogP contribution in [0.3, 0.4) is 0 Å². The Hall–Kier alpha value is -3.94. The van der Waals surface area contributed by atoms with Crippen LogP contribution in [-0.2, 0) is 18.3 Å². The zero-order valence-electron chi connectivity index (χ0n) is 16.8. The van der Waals surface area contributed by atoms with Crippen molar-refractivity contribution in [2.45, 2.75) is 13.3 Å². The van der Waals surface area contributed by atoms with Gasteiger partial charge in [-0.2, -0.15) is 0 Å². The van der Waals surface area contributed by atoms with Crippen molar-refractivity contribution in [2.75, 3.05) is 11.9 Å². The van der Waals surface area contributed by atoms with Crippen molar-refractivity contribution < 1.29 is 9.59 Å². The normalized spacial score (nSPS) is 10.9. The van der Waals surface area contributed by atoms with Crippen molar-refractivity contribution in [2.24, 2.45) is 7.05 Å². The molecule has 0 atom stereocenters. The van der Waals surface area contributed by atoms with Gasteiger partial charge >= 0.3 is 0 Å². The fourth-order valence-electron chi connectivity index (χ4n) is 3.36. The van der Waals surface area contributed by atoms with E-state index in [2.05, 4.69) is 25.6 Å². The average Bonchev–Trinajstić information content (AvgIpc) is 3.37. The van der Waals surface area contributed by atoms with E-state index in [1.165, 1.54) is 6.92 Å². The molecule has 3 heterocycles. The number of fused-ring (bicyclic) bond motifs is 1. The summed E-state index contributed by atoms with van der Waals surface area (Å²) in [5.74, 6) is -0.374. The van der Waals surface area contributed by atoms with Gasteiger partial charge in [0, 0.05) is 61.7 Å². The van der Waals surface area contributed by atoms with Gasteiger partial charge in [0.25, 0.3) is 5.91 Å². The maximum absolute atomic E-state index is 12.9. The molecule has 8 nitrogen and oxygen atoms in total. The van der Waals surface area contributed by atoms with Crippen molar-refractivity contribution in [1.29, 1.82) is 0 Å². The number of anilines is 1. The fraction of sp³-hybridized carbons (Fsp3) is 0.182. The van der Waals surface area contributed by atoms with Gasteiger partial charge in [-0.1, -0.05) is 12.1 Å². The molecule has 3 aromatic heterocycles. The van der Waals surface area contributed by atoms with Crippen LogP contribution >= 0.6 is 0 Å². The minimum Gasteiger partial charge on any atom is -0.350 e. The van der Waals surface area contributed by atoms with E-state index in [9.17, 15) is 9.59 Å². The molecule has 0 spiro atoms. The van der Waals surface area contributed by atoms with Crippen molar-refractivity contribution in [3.05, 3.63) is 66.5 Å². The number of pyridine rings is 1. The van der Waals surface area contributed by atoms with Crippen molar-refractivity contribution in [3.8, 4) is 11.3 Å². The Morgan fingerprint density at radius 1 is 1.20 bits per heavy atom.